The van der Waals surface area contributed by atoms with Crippen molar-refractivity contribution in [2.24, 2.45) is 0 Å². The molecule has 1 unspecified atom stereocenters. The molecule has 3 aromatic rings. The van der Waals surface area contributed by atoms with Crippen LogP contribution in [0.5, 0.6) is 11.5 Å². The summed E-state index contributed by atoms with van der Waals surface area (Å²) in [4.78, 5) is 0. The molecule has 0 radical (unpaired) electrons. The summed E-state index contributed by atoms with van der Waals surface area (Å²) in [7, 11) is 0. The van der Waals surface area contributed by atoms with Crippen LogP contribution in [0.15, 0.2) is 59.1 Å². The molecule has 0 N–H and O–H groups in total. The summed E-state index contributed by atoms with van der Waals surface area (Å²) in [6.07, 6.45) is 0. The predicted molar refractivity (Wildman–Crippen MR) is 100 cm³/mol. The SMILES string of the molecule is N#CC(c1ccc(Cl)c(Oc2cccc(Br)c2)c1)c1ccc(Cl)nn1. The molecule has 25 heavy (non-hydrogen) atoms. The van der Waals surface area contributed by atoms with Crippen LogP contribution in [0.2, 0.25) is 10.2 Å². The largest absolute Gasteiger partial charge is 0.456 e. The molecule has 0 saturated heterocycles. The Morgan fingerprint density at radius 1 is 1.04 bits per heavy atom. The Labute approximate surface area is 163 Å². The number of hydrogen-bond acceptors (Lipinski definition) is 4. The van der Waals surface area contributed by atoms with Gasteiger partial charge in [-0.1, -0.05) is 51.3 Å². The number of halogens is 3. The van der Waals surface area contributed by atoms with E-state index in [1.807, 2.05) is 24.3 Å². The van der Waals surface area contributed by atoms with Gasteiger partial charge in [-0.25, -0.2) is 0 Å². The van der Waals surface area contributed by atoms with E-state index in [0.717, 1.165) is 4.47 Å². The van der Waals surface area contributed by atoms with E-state index in [1.54, 1.807) is 30.3 Å². The average Bonchev–Trinajstić information content (AvgIpc) is 2.60. The second kappa shape index (κ2) is 7.83. The summed E-state index contributed by atoms with van der Waals surface area (Å²) in [5, 5.41) is 18.1. The van der Waals surface area contributed by atoms with Crippen LogP contribution < -0.4 is 4.74 Å². The number of nitriles is 1. The highest BCUT2D eigenvalue weighted by Crippen LogP contribution is 2.34. The lowest BCUT2D eigenvalue weighted by Gasteiger charge is -2.13. The van der Waals surface area contributed by atoms with Crippen molar-refractivity contribution in [3.8, 4) is 17.6 Å². The average molecular weight is 435 g/mol. The summed E-state index contributed by atoms with van der Waals surface area (Å²) >= 11 is 15.4. The number of rotatable bonds is 4. The molecule has 124 valence electrons. The molecule has 0 bridgehead atoms. The van der Waals surface area contributed by atoms with E-state index in [9.17, 15) is 5.26 Å². The number of hydrogen-bond donors (Lipinski definition) is 0. The van der Waals surface area contributed by atoms with Gasteiger partial charge in [0, 0.05) is 4.47 Å². The van der Waals surface area contributed by atoms with E-state index in [-0.39, 0.29) is 5.15 Å². The third-order valence-electron chi connectivity index (χ3n) is 3.39. The Morgan fingerprint density at radius 3 is 2.56 bits per heavy atom. The van der Waals surface area contributed by atoms with E-state index in [0.29, 0.717) is 27.8 Å². The molecule has 1 heterocycles. The summed E-state index contributed by atoms with van der Waals surface area (Å²) in [6, 6.07) is 18.1. The smallest absolute Gasteiger partial charge is 0.151 e. The fourth-order valence-corrected chi connectivity index (χ4v) is 2.86. The van der Waals surface area contributed by atoms with Gasteiger partial charge in [-0.05, 0) is 48.0 Å². The van der Waals surface area contributed by atoms with Gasteiger partial charge in [0.2, 0.25) is 0 Å². The van der Waals surface area contributed by atoms with Crippen LogP contribution in [0.25, 0.3) is 0 Å². The lowest BCUT2D eigenvalue weighted by atomic mass is 9.97. The number of ether oxygens (including phenoxy) is 1. The predicted octanol–water partition coefficient (Wildman–Crippen LogP) is 5.99. The first-order valence-electron chi connectivity index (χ1n) is 7.18. The fraction of sp³-hybridized carbons (Fsp3) is 0.0556. The highest BCUT2D eigenvalue weighted by atomic mass is 79.9. The van der Waals surface area contributed by atoms with Crippen LogP contribution in [-0.4, -0.2) is 10.2 Å². The van der Waals surface area contributed by atoms with Crippen LogP contribution >= 0.6 is 39.1 Å². The van der Waals surface area contributed by atoms with Crippen LogP contribution in [-0.2, 0) is 0 Å². The number of nitrogens with zero attached hydrogens (tertiary/aromatic N) is 3. The molecule has 0 aliphatic rings. The maximum atomic E-state index is 9.56. The van der Waals surface area contributed by atoms with Crippen molar-refractivity contribution in [2.75, 3.05) is 0 Å². The topological polar surface area (TPSA) is 58.8 Å². The van der Waals surface area contributed by atoms with Gasteiger partial charge in [-0.15, -0.1) is 5.10 Å². The van der Waals surface area contributed by atoms with Gasteiger partial charge in [-0.2, -0.15) is 10.4 Å². The molecule has 0 aliphatic carbocycles. The minimum Gasteiger partial charge on any atom is -0.456 e. The monoisotopic (exact) mass is 433 g/mol. The van der Waals surface area contributed by atoms with Gasteiger partial charge in [0.1, 0.15) is 17.4 Å². The third-order valence-corrected chi connectivity index (χ3v) is 4.40. The highest BCUT2D eigenvalue weighted by Gasteiger charge is 2.18. The van der Waals surface area contributed by atoms with Crippen molar-refractivity contribution in [1.82, 2.24) is 10.2 Å². The first-order chi connectivity index (χ1) is 12.1. The highest BCUT2D eigenvalue weighted by molar-refractivity contribution is 9.10. The second-order valence-corrected chi connectivity index (χ2v) is 6.80. The Kier molecular flexibility index (Phi) is 5.54. The van der Waals surface area contributed by atoms with E-state index in [1.165, 1.54) is 0 Å². The Bertz CT molecular complexity index is 942. The van der Waals surface area contributed by atoms with Gasteiger partial charge in [0.15, 0.2) is 5.15 Å². The van der Waals surface area contributed by atoms with E-state index >= 15 is 0 Å². The van der Waals surface area contributed by atoms with E-state index < -0.39 is 5.92 Å². The molecule has 0 spiro atoms. The van der Waals surface area contributed by atoms with Crippen LogP contribution in [0.4, 0.5) is 0 Å². The standard InChI is InChI=1S/C18H10BrCl2N3O/c19-12-2-1-3-13(9-12)25-17-8-11(4-5-15(17)20)14(10-22)16-6-7-18(21)24-23-16/h1-9,14H. The van der Waals surface area contributed by atoms with Crippen molar-refractivity contribution in [3.05, 3.63) is 80.5 Å². The maximum absolute atomic E-state index is 9.56. The third kappa shape index (κ3) is 4.29. The van der Waals surface area contributed by atoms with Crippen molar-refractivity contribution in [3.63, 3.8) is 0 Å². The summed E-state index contributed by atoms with van der Waals surface area (Å²) in [5.41, 5.74) is 1.20. The number of aromatic nitrogens is 2. The summed E-state index contributed by atoms with van der Waals surface area (Å²) in [6.45, 7) is 0. The first-order valence-corrected chi connectivity index (χ1v) is 8.73. The number of benzene rings is 2. The lowest BCUT2D eigenvalue weighted by Crippen LogP contribution is -2.03. The minimum atomic E-state index is -0.605. The van der Waals surface area contributed by atoms with Crippen molar-refractivity contribution in [1.29, 1.82) is 5.26 Å². The van der Waals surface area contributed by atoms with E-state index in [2.05, 4.69) is 32.2 Å². The maximum Gasteiger partial charge on any atom is 0.151 e. The molecule has 7 heteroatoms. The summed E-state index contributed by atoms with van der Waals surface area (Å²) in [5.74, 6) is 0.486. The Balaban J connectivity index is 1.95. The van der Waals surface area contributed by atoms with E-state index in [4.69, 9.17) is 27.9 Å². The Morgan fingerprint density at radius 2 is 1.88 bits per heavy atom. The molecule has 0 aliphatic heterocycles. The van der Waals surface area contributed by atoms with Crippen LogP contribution in [0.1, 0.15) is 17.2 Å². The van der Waals surface area contributed by atoms with Crippen molar-refractivity contribution in [2.45, 2.75) is 5.92 Å². The fourth-order valence-electron chi connectivity index (χ4n) is 2.23. The molecule has 0 saturated carbocycles. The van der Waals surface area contributed by atoms with Crippen molar-refractivity contribution >= 4 is 39.1 Å². The lowest BCUT2D eigenvalue weighted by molar-refractivity contribution is 0.482. The second-order valence-electron chi connectivity index (χ2n) is 5.09. The van der Waals surface area contributed by atoms with Gasteiger partial charge in [0.05, 0.1) is 16.8 Å². The molecule has 2 aromatic carbocycles. The van der Waals surface area contributed by atoms with Gasteiger partial charge < -0.3 is 4.74 Å². The zero-order valence-electron chi connectivity index (χ0n) is 12.7. The molecule has 4 nitrogen and oxygen atoms in total. The molecule has 1 aromatic heterocycles. The minimum absolute atomic E-state index is 0.273. The molecular formula is C18H10BrCl2N3O. The van der Waals surface area contributed by atoms with Crippen LogP contribution in [0, 0.1) is 11.3 Å². The first kappa shape index (κ1) is 17.7. The zero-order chi connectivity index (χ0) is 17.8. The molecule has 1 atom stereocenters. The quantitative estimate of drug-likeness (QED) is 0.505. The van der Waals surface area contributed by atoms with Gasteiger partial charge in [-0.3, -0.25) is 0 Å². The van der Waals surface area contributed by atoms with Gasteiger partial charge >= 0.3 is 0 Å². The molecular weight excluding hydrogens is 425 g/mol. The molecule has 0 fully saturated rings. The molecule has 3 rings (SSSR count). The zero-order valence-corrected chi connectivity index (χ0v) is 15.8. The summed E-state index contributed by atoms with van der Waals surface area (Å²) < 4.78 is 6.74. The molecule has 0 amide bonds. The van der Waals surface area contributed by atoms with Crippen LogP contribution in [0.3, 0.4) is 0 Å². The normalized spacial score (nSPS) is 11.6. The Hall–Kier alpha value is -2.13. The van der Waals surface area contributed by atoms with Crippen molar-refractivity contribution < 1.29 is 4.74 Å². The van der Waals surface area contributed by atoms with Gasteiger partial charge in [0.25, 0.3) is 0 Å².